The predicted molar refractivity (Wildman–Crippen MR) is 94.5 cm³/mol. The Bertz CT molecular complexity index is 581. The molecule has 1 aromatic rings. The van der Waals surface area contributed by atoms with Crippen molar-refractivity contribution in [1.29, 1.82) is 0 Å². The molecule has 1 saturated heterocycles. The lowest BCUT2D eigenvalue weighted by Gasteiger charge is -2.30. The Kier molecular flexibility index (Phi) is 6.09. The number of methoxy groups -OCH3 is 1. The van der Waals surface area contributed by atoms with E-state index in [9.17, 15) is 4.79 Å². The second-order valence-electron chi connectivity index (χ2n) is 7.19. The molecule has 0 radical (unpaired) electrons. The van der Waals surface area contributed by atoms with Gasteiger partial charge in [0.1, 0.15) is 0 Å². The first-order valence-corrected chi connectivity index (χ1v) is 9.29. The summed E-state index contributed by atoms with van der Waals surface area (Å²) in [5.41, 5.74) is 1.65. The fourth-order valence-corrected chi connectivity index (χ4v) is 3.51. The molecule has 0 bridgehead atoms. The highest BCUT2D eigenvalue weighted by atomic mass is 16.5. The number of rotatable bonds is 7. The average molecular weight is 350 g/mol. The Labute approximate surface area is 149 Å². The summed E-state index contributed by atoms with van der Waals surface area (Å²) in [5, 5.41) is 4.57. The van der Waals surface area contributed by atoms with Crippen molar-refractivity contribution in [3.8, 4) is 0 Å². The lowest BCUT2D eigenvalue weighted by atomic mass is 10.2. The zero-order valence-electron chi connectivity index (χ0n) is 15.6. The third-order valence-corrected chi connectivity index (χ3v) is 5.08. The van der Waals surface area contributed by atoms with Gasteiger partial charge in [-0.2, -0.15) is 5.10 Å². The van der Waals surface area contributed by atoms with Crippen molar-refractivity contribution in [2.24, 2.45) is 0 Å². The minimum absolute atomic E-state index is 0.0226. The van der Waals surface area contributed by atoms with Gasteiger partial charge in [0.25, 0.3) is 5.91 Å². The number of amides is 1. The minimum Gasteiger partial charge on any atom is -0.383 e. The fourth-order valence-electron chi connectivity index (χ4n) is 3.51. The molecule has 2 aliphatic heterocycles. The monoisotopic (exact) mass is 350 g/mol. The topological polar surface area (TPSA) is 59.8 Å². The van der Waals surface area contributed by atoms with E-state index in [-0.39, 0.29) is 12.0 Å². The second kappa shape index (κ2) is 8.29. The van der Waals surface area contributed by atoms with Gasteiger partial charge in [-0.1, -0.05) is 0 Å². The number of nitrogens with zero attached hydrogens (tertiary/aromatic N) is 4. The molecule has 2 aliphatic rings. The van der Waals surface area contributed by atoms with E-state index in [0.717, 1.165) is 44.8 Å². The Morgan fingerprint density at radius 2 is 2.32 bits per heavy atom. The number of fused-ring (bicyclic) bond motifs is 1. The van der Waals surface area contributed by atoms with Crippen molar-refractivity contribution in [1.82, 2.24) is 19.6 Å². The maximum absolute atomic E-state index is 13.0. The van der Waals surface area contributed by atoms with E-state index in [4.69, 9.17) is 9.47 Å². The fraction of sp³-hybridized carbons (Fsp3) is 0.778. The summed E-state index contributed by atoms with van der Waals surface area (Å²) in [6, 6.07) is 2.45. The van der Waals surface area contributed by atoms with Gasteiger partial charge in [-0.05, 0) is 32.8 Å². The van der Waals surface area contributed by atoms with Gasteiger partial charge in [0.05, 0.1) is 24.9 Å². The van der Waals surface area contributed by atoms with Crippen molar-refractivity contribution in [2.75, 3.05) is 40.0 Å². The van der Waals surface area contributed by atoms with Gasteiger partial charge in [0.2, 0.25) is 0 Å². The zero-order chi connectivity index (χ0) is 17.8. The molecule has 7 heteroatoms. The van der Waals surface area contributed by atoms with Crippen LogP contribution in [0.5, 0.6) is 0 Å². The van der Waals surface area contributed by atoms with Crippen LogP contribution in [0.15, 0.2) is 6.07 Å². The van der Waals surface area contributed by atoms with Gasteiger partial charge in [-0.25, -0.2) is 0 Å². The van der Waals surface area contributed by atoms with Crippen molar-refractivity contribution in [3.05, 3.63) is 17.5 Å². The summed E-state index contributed by atoms with van der Waals surface area (Å²) in [4.78, 5) is 17.2. The van der Waals surface area contributed by atoms with E-state index in [1.807, 2.05) is 15.6 Å². The molecule has 0 saturated carbocycles. The largest absolute Gasteiger partial charge is 0.383 e. The van der Waals surface area contributed by atoms with Crippen molar-refractivity contribution in [3.63, 3.8) is 0 Å². The highest BCUT2D eigenvalue weighted by Gasteiger charge is 2.27. The van der Waals surface area contributed by atoms with Gasteiger partial charge >= 0.3 is 0 Å². The third-order valence-electron chi connectivity index (χ3n) is 5.08. The van der Waals surface area contributed by atoms with Crippen molar-refractivity contribution in [2.45, 2.75) is 51.9 Å². The highest BCUT2D eigenvalue weighted by molar-refractivity contribution is 5.92. The summed E-state index contributed by atoms with van der Waals surface area (Å²) >= 11 is 0. The highest BCUT2D eigenvalue weighted by Crippen LogP contribution is 2.18. The lowest BCUT2D eigenvalue weighted by molar-refractivity contribution is 0.0451. The van der Waals surface area contributed by atoms with Gasteiger partial charge in [0.15, 0.2) is 5.69 Å². The van der Waals surface area contributed by atoms with E-state index in [1.165, 1.54) is 0 Å². The molecule has 1 amide bonds. The quantitative estimate of drug-likeness (QED) is 0.743. The maximum Gasteiger partial charge on any atom is 0.274 e. The predicted octanol–water partition coefficient (Wildman–Crippen LogP) is 1.37. The molecule has 0 aromatic carbocycles. The molecule has 1 atom stereocenters. The van der Waals surface area contributed by atoms with Gasteiger partial charge in [-0.3, -0.25) is 14.4 Å². The molecule has 1 aromatic heterocycles. The Morgan fingerprint density at radius 3 is 3.00 bits per heavy atom. The third kappa shape index (κ3) is 4.40. The van der Waals surface area contributed by atoms with E-state index < -0.39 is 0 Å². The number of aromatic nitrogens is 2. The van der Waals surface area contributed by atoms with E-state index in [2.05, 4.69) is 23.8 Å². The Morgan fingerprint density at radius 1 is 1.48 bits per heavy atom. The van der Waals surface area contributed by atoms with E-state index in [0.29, 0.717) is 31.4 Å². The van der Waals surface area contributed by atoms with Crippen LogP contribution in [0.2, 0.25) is 0 Å². The number of carbonyl (C=O) groups is 1. The maximum atomic E-state index is 13.0. The van der Waals surface area contributed by atoms with Crippen LogP contribution in [0.3, 0.4) is 0 Å². The first-order chi connectivity index (χ1) is 12.1. The van der Waals surface area contributed by atoms with Gasteiger partial charge in [0, 0.05) is 45.9 Å². The summed E-state index contributed by atoms with van der Waals surface area (Å²) in [5.74, 6) is -0.0226. The summed E-state index contributed by atoms with van der Waals surface area (Å²) in [6.07, 6.45) is 2.22. The molecule has 140 valence electrons. The summed E-state index contributed by atoms with van der Waals surface area (Å²) in [6.45, 7) is 9.56. The molecular weight excluding hydrogens is 320 g/mol. The number of hydrogen-bond donors (Lipinski definition) is 0. The van der Waals surface area contributed by atoms with E-state index in [1.54, 1.807) is 7.11 Å². The Balaban J connectivity index is 1.70. The normalized spacial score (nSPS) is 20.9. The molecular formula is C18H30N4O3. The first kappa shape index (κ1) is 18.4. The molecule has 1 unspecified atom stereocenters. The van der Waals surface area contributed by atoms with E-state index >= 15 is 0 Å². The molecule has 3 heterocycles. The first-order valence-electron chi connectivity index (χ1n) is 9.29. The molecule has 0 aliphatic carbocycles. The van der Waals surface area contributed by atoms with Crippen molar-refractivity contribution < 1.29 is 14.3 Å². The van der Waals surface area contributed by atoms with Crippen LogP contribution in [0, 0.1) is 0 Å². The number of ether oxygens (including phenoxy) is 2. The number of carbonyl (C=O) groups excluding carboxylic acids is 1. The SMILES string of the molecule is COCCN(CC1CCCO1)C(=O)c1cc2n(n1)CCN(C(C)C)C2. The van der Waals surface area contributed by atoms with Gasteiger partial charge < -0.3 is 14.4 Å². The molecule has 25 heavy (non-hydrogen) atoms. The molecule has 7 nitrogen and oxygen atoms in total. The molecule has 1 fully saturated rings. The van der Waals surface area contributed by atoms with Crippen molar-refractivity contribution >= 4 is 5.91 Å². The second-order valence-corrected chi connectivity index (χ2v) is 7.19. The molecule has 0 N–H and O–H groups in total. The molecule has 0 spiro atoms. The van der Waals surface area contributed by atoms with Crippen LogP contribution in [0.1, 0.15) is 42.9 Å². The van der Waals surface area contributed by atoms with Crippen LogP contribution in [-0.2, 0) is 22.6 Å². The van der Waals surface area contributed by atoms with Crippen LogP contribution >= 0.6 is 0 Å². The van der Waals surface area contributed by atoms with Crippen LogP contribution < -0.4 is 0 Å². The molecule has 3 rings (SSSR count). The lowest BCUT2D eigenvalue weighted by Crippen LogP contribution is -2.39. The summed E-state index contributed by atoms with van der Waals surface area (Å²) < 4.78 is 12.9. The van der Waals surface area contributed by atoms with Crippen LogP contribution in [0.4, 0.5) is 0 Å². The number of hydrogen-bond acceptors (Lipinski definition) is 5. The Hall–Kier alpha value is -1.44. The van der Waals surface area contributed by atoms with Crippen LogP contribution in [-0.4, -0.2) is 77.6 Å². The summed E-state index contributed by atoms with van der Waals surface area (Å²) in [7, 11) is 1.66. The van der Waals surface area contributed by atoms with Crippen LogP contribution in [0.25, 0.3) is 0 Å². The zero-order valence-corrected chi connectivity index (χ0v) is 15.6. The minimum atomic E-state index is -0.0226. The standard InChI is InChI=1S/C18H30N4O3/c1-14(2)20-6-7-22-15(12-20)11-17(19-22)18(23)21(8-10-24-3)13-16-5-4-9-25-16/h11,14,16H,4-10,12-13H2,1-3H3. The average Bonchev–Trinajstić information content (AvgIpc) is 3.26. The van der Waals surface area contributed by atoms with Gasteiger partial charge in [-0.15, -0.1) is 0 Å². The smallest absolute Gasteiger partial charge is 0.274 e.